The van der Waals surface area contributed by atoms with Gasteiger partial charge in [-0.15, -0.1) is 0 Å². The Morgan fingerprint density at radius 3 is 3.00 bits per heavy atom. The van der Waals surface area contributed by atoms with Crippen LogP contribution in [0.1, 0.15) is 44.8 Å². The van der Waals surface area contributed by atoms with Crippen molar-refractivity contribution >= 4 is 0 Å². The molecule has 0 bridgehead atoms. The summed E-state index contributed by atoms with van der Waals surface area (Å²) in [6.07, 6.45) is 5.57. The number of rotatable bonds is 4. The molecule has 0 aliphatic carbocycles. The van der Waals surface area contributed by atoms with Crippen molar-refractivity contribution in [1.29, 1.82) is 0 Å². The van der Waals surface area contributed by atoms with E-state index >= 15 is 0 Å². The highest BCUT2D eigenvalue weighted by Crippen LogP contribution is 2.33. The molecule has 1 aliphatic heterocycles. The Kier molecular flexibility index (Phi) is 4.05. The molecule has 2 rings (SSSR count). The summed E-state index contributed by atoms with van der Waals surface area (Å²) in [6, 6.07) is 0.395. The van der Waals surface area contributed by atoms with E-state index in [-0.39, 0.29) is 0 Å². The Labute approximate surface area is 103 Å². The number of aryl methyl sites for hydroxylation is 1. The lowest BCUT2D eigenvalue weighted by Crippen LogP contribution is -2.33. The van der Waals surface area contributed by atoms with Gasteiger partial charge < -0.3 is 10.1 Å². The highest BCUT2D eigenvalue weighted by atomic mass is 16.5. The van der Waals surface area contributed by atoms with Crippen LogP contribution in [0.5, 0.6) is 5.75 Å². The van der Waals surface area contributed by atoms with Crippen molar-refractivity contribution in [2.75, 3.05) is 13.7 Å². The molecule has 1 aromatic heterocycles. The standard InChI is InChI=1S/C13H23N3O/c1-4-10-6-7-14-11(8-10)13-12(17-3)9-15-16(13)5-2/h9-11,14H,4-8H2,1-3H3. The minimum Gasteiger partial charge on any atom is -0.493 e. The first kappa shape index (κ1) is 12.4. The molecule has 2 unspecified atom stereocenters. The lowest BCUT2D eigenvalue weighted by atomic mass is 9.89. The lowest BCUT2D eigenvalue weighted by molar-refractivity contribution is 0.281. The lowest BCUT2D eigenvalue weighted by Gasteiger charge is -2.30. The van der Waals surface area contributed by atoms with Gasteiger partial charge in [0.05, 0.1) is 25.0 Å². The summed E-state index contributed by atoms with van der Waals surface area (Å²) in [6.45, 7) is 6.40. The molecule has 2 heterocycles. The van der Waals surface area contributed by atoms with E-state index in [1.165, 1.54) is 25.0 Å². The van der Waals surface area contributed by atoms with Crippen molar-refractivity contribution in [3.63, 3.8) is 0 Å². The molecule has 1 fully saturated rings. The zero-order chi connectivity index (χ0) is 12.3. The predicted molar refractivity (Wildman–Crippen MR) is 68.2 cm³/mol. The largest absolute Gasteiger partial charge is 0.493 e. The number of piperidine rings is 1. The van der Waals surface area contributed by atoms with Gasteiger partial charge in [0.2, 0.25) is 0 Å². The number of aromatic nitrogens is 2. The highest BCUT2D eigenvalue weighted by Gasteiger charge is 2.27. The fraction of sp³-hybridized carbons (Fsp3) is 0.769. The van der Waals surface area contributed by atoms with Gasteiger partial charge in [-0.25, -0.2) is 0 Å². The quantitative estimate of drug-likeness (QED) is 0.873. The van der Waals surface area contributed by atoms with Crippen LogP contribution in [0.3, 0.4) is 0 Å². The maximum absolute atomic E-state index is 5.43. The first-order chi connectivity index (χ1) is 8.30. The van der Waals surface area contributed by atoms with Crippen molar-refractivity contribution in [2.45, 2.75) is 45.7 Å². The molecule has 1 N–H and O–H groups in total. The van der Waals surface area contributed by atoms with Gasteiger partial charge in [0.1, 0.15) is 0 Å². The van der Waals surface area contributed by atoms with E-state index in [9.17, 15) is 0 Å². The van der Waals surface area contributed by atoms with Crippen LogP contribution in [0.25, 0.3) is 0 Å². The number of nitrogens with zero attached hydrogens (tertiary/aromatic N) is 2. The predicted octanol–water partition coefficient (Wildman–Crippen LogP) is 2.36. The molecule has 1 saturated heterocycles. The van der Waals surface area contributed by atoms with E-state index in [0.717, 1.165) is 24.8 Å². The molecule has 0 amide bonds. The molecule has 4 nitrogen and oxygen atoms in total. The molecule has 4 heteroatoms. The van der Waals surface area contributed by atoms with Gasteiger partial charge in [0.25, 0.3) is 0 Å². The SMILES string of the molecule is CCC1CCNC(c2c(OC)cnn2CC)C1. The third-order valence-electron chi connectivity index (χ3n) is 3.78. The monoisotopic (exact) mass is 237 g/mol. The third-order valence-corrected chi connectivity index (χ3v) is 3.78. The second kappa shape index (κ2) is 5.54. The van der Waals surface area contributed by atoms with Gasteiger partial charge in [0, 0.05) is 6.54 Å². The highest BCUT2D eigenvalue weighted by molar-refractivity contribution is 5.28. The minimum atomic E-state index is 0.395. The summed E-state index contributed by atoms with van der Waals surface area (Å²) in [5.41, 5.74) is 1.22. The summed E-state index contributed by atoms with van der Waals surface area (Å²) in [7, 11) is 1.72. The Bertz CT molecular complexity index is 340. The summed E-state index contributed by atoms with van der Waals surface area (Å²) >= 11 is 0. The Hall–Kier alpha value is -1.03. The third kappa shape index (κ3) is 2.46. The van der Waals surface area contributed by atoms with Crippen molar-refractivity contribution in [2.24, 2.45) is 5.92 Å². The van der Waals surface area contributed by atoms with Gasteiger partial charge in [-0.3, -0.25) is 4.68 Å². The number of hydrogen-bond donors (Lipinski definition) is 1. The molecule has 1 aliphatic rings. The fourth-order valence-electron chi connectivity index (χ4n) is 2.71. The summed E-state index contributed by atoms with van der Waals surface area (Å²) < 4.78 is 7.48. The van der Waals surface area contributed by atoms with Gasteiger partial charge in [-0.1, -0.05) is 13.3 Å². The van der Waals surface area contributed by atoms with Crippen LogP contribution in [0, 0.1) is 5.92 Å². The van der Waals surface area contributed by atoms with E-state index in [1.807, 2.05) is 6.20 Å². The molecular weight excluding hydrogens is 214 g/mol. The Balaban J connectivity index is 2.22. The van der Waals surface area contributed by atoms with Crippen molar-refractivity contribution in [3.8, 4) is 5.75 Å². The molecule has 0 spiro atoms. The minimum absolute atomic E-state index is 0.395. The average molecular weight is 237 g/mol. The summed E-state index contributed by atoms with van der Waals surface area (Å²) in [4.78, 5) is 0. The van der Waals surface area contributed by atoms with Crippen molar-refractivity contribution < 1.29 is 4.74 Å². The van der Waals surface area contributed by atoms with Gasteiger partial charge in [0.15, 0.2) is 5.75 Å². The molecule has 17 heavy (non-hydrogen) atoms. The number of hydrogen-bond acceptors (Lipinski definition) is 3. The Morgan fingerprint density at radius 2 is 2.35 bits per heavy atom. The van der Waals surface area contributed by atoms with Crippen LogP contribution in [-0.2, 0) is 6.54 Å². The molecule has 0 saturated carbocycles. The van der Waals surface area contributed by atoms with Crippen LogP contribution >= 0.6 is 0 Å². The molecule has 2 atom stereocenters. The first-order valence-corrected chi connectivity index (χ1v) is 6.63. The Morgan fingerprint density at radius 1 is 1.53 bits per heavy atom. The smallest absolute Gasteiger partial charge is 0.161 e. The fourth-order valence-corrected chi connectivity index (χ4v) is 2.71. The maximum Gasteiger partial charge on any atom is 0.161 e. The van der Waals surface area contributed by atoms with E-state index in [1.54, 1.807) is 7.11 Å². The number of ether oxygens (including phenoxy) is 1. The topological polar surface area (TPSA) is 39.1 Å². The van der Waals surface area contributed by atoms with Gasteiger partial charge in [-0.2, -0.15) is 5.10 Å². The second-order valence-corrected chi connectivity index (χ2v) is 4.72. The van der Waals surface area contributed by atoms with Crippen LogP contribution < -0.4 is 10.1 Å². The number of nitrogens with one attached hydrogen (secondary N) is 1. The normalized spacial score (nSPS) is 24.9. The summed E-state index contributed by atoms with van der Waals surface area (Å²) in [5, 5.41) is 7.98. The average Bonchev–Trinajstić information content (AvgIpc) is 2.81. The van der Waals surface area contributed by atoms with Crippen LogP contribution in [0.2, 0.25) is 0 Å². The van der Waals surface area contributed by atoms with Gasteiger partial charge >= 0.3 is 0 Å². The van der Waals surface area contributed by atoms with E-state index in [2.05, 4.69) is 28.9 Å². The second-order valence-electron chi connectivity index (χ2n) is 4.72. The van der Waals surface area contributed by atoms with E-state index in [4.69, 9.17) is 4.74 Å². The zero-order valence-corrected chi connectivity index (χ0v) is 11.1. The maximum atomic E-state index is 5.43. The van der Waals surface area contributed by atoms with E-state index < -0.39 is 0 Å². The number of methoxy groups -OCH3 is 1. The van der Waals surface area contributed by atoms with Crippen LogP contribution in [-0.4, -0.2) is 23.4 Å². The first-order valence-electron chi connectivity index (χ1n) is 6.63. The molecular formula is C13H23N3O. The molecule has 0 radical (unpaired) electrons. The van der Waals surface area contributed by atoms with Gasteiger partial charge in [-0.05, 0) is 32.2 Å². The molecule has 1 aromatic rings. The summed E-state index contributed by atoms with van der Waals surface area (Å²) in [5.74, 6) is 1.74. The van der Waals surface area contributed by atoms with Crippen molar-refractivity contribution in [3.05, 3.63) is 11.9 Å². The molecule has 0 aromatic carbocycles. The van der Waals surface area contributed by atoms with Crippen LogP contribution in [0.15, 0.2) is 6.20 Å². The molecule has 96 valence electrons. The van der Waals surface area contributed by atoms with E-state index in [0.29, 0.717) is 6.04 Å². The van der Waals surface area contributed by atoms with Crippen LogP contribution in [0.4, 0.5) is 0 Å². The van der Waals surface area contributed by atoms with Crippen molar-refractivity contribution in [1.82, 2.24) is 15.1 Å². The zero-order valence-electron chi connectivity index (χ0n) is 11.1.